The van der Waals surface area contributed by atoms with Crippen molar-refractivity contribution in [2.24, 2.45) is 5.73 Å². The quantitative estimate of drug-likeness (QED) is 0.383. The normalized spacial score (nSPS) is 10.8. The van der Waals surface area contributed by atoms with Crippen molar-refractivity contribution >= 4 is 22.9 Å². The van der Waals surface area contributed by atoms with Crippen molar-refractivity contribution in [3.05, 3.63) is 72.3 Å². The number of rotatable bonds is 5. The third-order valence-electron chi connectivity index (χ3n) is 4.43. The van der Waals surface area contributed by atoms with E-state index in [4.69, 9.17) is 25.1 Å². The van der Waals surface area contributed by atoms with Crippen LogP contribution in [-0.2, 0) is 4.79 Å². The molecule has 11 heteroatoms. The highest BCUT2D eigenvalue weighted by molar-refractivity contribution is 5.96. The Morgan fingerprint density at radius 1 is 0.941 bits per heavy atom. The summed E-state index contributed by atoms with van der Waals surface area (Å²) < 4.78 is 42.7. The number of aromatic amines is 1. The van der Waals surface area contributed by atoms with Crippen LogP contribution in [-0.4, -0.2) is 40.2 Å². The van der Waals surface area contributed by atoms with Gasteiger partial charge in [-0.25, -0.2) is 9.78 Å². The first kappa shape index (κ1) is 24.1. The van der Waals surface area contributed by atoms with Crippen molar-refractivity contribution in [1.82, 2.24) is 9.97 Å². The van der Waals surface area contributed by atoms with Crippen LogP contribution in [0, 0.1) is 0 Å². The van der Waals surface area contributed by atoms with E-state index in [9.17, 15) is 18.0 Å². The van der Waals surface area contributed by atoms with Crippen LogP contribution >= 0.6 is 0 Å². The summed E-state index contributed by atoms with van der Waals surface area (Å²) in [6.07, 6.45) is -5.08. The molecule has 0 saturated heterocycles. The molecular formula is C23H18F3N3O5. The minimum absolute atomic E-state index is 0.445. The summed E-state index contributed by atoms with van der Waals surface area (Å²) in [6.45, 7) is 0. The Balaban J connectivity index is 0.000000406. The number of fused-ring (bicyclic) bond motifs is 1. The second kappa shape index (κ2) is 9.94. The third-order valence-corrected chi connectivity index (χ3v) is 4.43. The number of hydrogen-bond acceptors (Lipinski definition) is 5. The predicted molar refractivity (Wildman–Crippen MR) is 117 cm³/mol. The second-order valence-electron chi connectivity index (χ2n) is 6.79. The number of primary amides is 1. The minimum Gasteiger partial charge on any atom is -0.497 e. The fraction of sp³-hybridized carbons (Fsp3) is 0.0870. The zero-order chi connectivity index (χ0) is 24.9. The van der Waals surface area contributed by atoms with Gasteiger partial charge in [-0.2, -0.15) is 13.2 Å². The molecule has 3 aromatic carbocycles. The van der Waals surface area contributed by atoms with E-state index in [-0.39, 0.29) is 0 Å². The van der Waals surface area contributed by atoms with Gasteiger partial charge >= 0.3 is 12.1 Å². The summed E-state index contributed by atoms with van der Waals surface area (Å²) in [5, 5.41) is 7.12. The molecule has 1 aromatic heterocycles. The maximum atomic E-state index is 11.3. The molecule has 0 atom stereocenters. The van der Waals surface area contributed by atoms with E-state index in [1.54, 1.807) is 25.3 Å². The van der Waals surface area contributed by atoms with Gasteiger partial charge in [0.15, 0.2) is 0 Å². The summed E-state index contributed by atoms with van der Waals surface area (Å²) in [5.41, 5.74) is 8.22. The lowest BCUT2D eigenvalue weighted by Crippen LogP contribution is -2.21. The molecule has 0 spiro atoms. The maximum Gasteiger partial charge on any atom is 0.490 e. The molecular weight excluding hydrogens is 455 g/mol. The van der Waals surface area contributed by atoms with E-state index in [0.717, 1.165) is 33.8 Å². The van der Waals surface area contributed by atoms with E-state index < -0.39 is 18.1 Å². The number of benzene rings is 3. The Labute approximate surface area is 190 Å². The zero-order valence-corrected chi connectivity index (χ0v) is 17.6. The minimum atomic E-state index is -5.08. The summed E-state index contributed by atoms with van der Waals surface area (Å²) in [4.78, 5) is 28.0. The van der Waals surface area contributed by atoms with E-state index in [1.165, 1.54) is 0 Å². The number of halogens is 3. The van der Waals surface area contributed by atoms with E-state index in [0.29, 0.717) is 11.4 Å². The number of H-pyrrole nitrogens is 1. The van der Waals surface area contributed by atoms with Gasteiger partial charge in [-0.1, -0.05) is 0 Å². The van der Waals surface area contributed by atoms with Crippen molar-refractivity contribution < 1.29 is 37.3 Å². The number of aliphatic carboxylic acids is 1. The molecule has 1 heterocycles. The number of carbonyl (C=O) groups excluding carboxylic acids is 1. The summed E-state index contributed by atoms with van der Waals surface area (Å²) >= 11 is 0. The summed E-state index contributed by atoms with van der Waals surface area (Å²) in [5.74, 6) is -0.285. The van der Waals surface area contributed by atoms with Gasteiger partial charge in [0.05, 0.1) is 18.1 Å². The van der Waals surface area contributed by atoms with Crippen LogP contribution in [0.5, 0.6) is 17.2 Å². The summed E-state index contributed by atoms with van der Waals surface area (Å²) in [6, 6.07) is 20.1. The number of carboxylic acids is 1. The fourth-order valence-electron chi connectivity index (χ4n) is 2.76. The molecule has 8 nitrogen and oxygen atoms in total. The number of carboxylic acid groups (broad SMARTS) is 1. The van der Waals surface area contributed by atoms with E-state index in [1.807, 2.05) is 48.5 Å². The Hall–Kier alpha value is -4.54. The molecule has 34 heavy (non-hydrogen) atoms. The highest BCUT2D eigenvalue weighted by Gasteiger charge is 2.38. The Bertz CT molecular complexity index is 1300. The molecule has 4 rings (SSSR count). The van der Waals surface area contributed by atoms with Crippen LogP contribution in [0.1, 0.15) is 10.4 Å². The molecule has 176 valence electrons. The predicted octanol–water partition coefficient (Wildman–Crippen LogP) is 4.76. The van der Waals surface area contributed by atoms with Gasteiger partial charge in [-0.15, -0.1) is 0 Å². The average molecular weight is 473 g/mol. The standard InChI is InChI=1S/C21H17N3O3.C2HF3O2/c1-26-15-7-9-17(10-8-15)27-16-5-2-13(3-6-16)21-23-18-11-4-14(20(22)25)12-19(18)24-21;3-2(4,5)1(6)7/h2-12H,1H3,(H2,22,25)(H,23,24);(H,6,7). The Morgan fingerprint density at radius 2 is 1.47 bits per heavy atom. The number of nitrogens with two attached hydrogens (primary N) is 1. The number of hydrogen-bond donors (Lipinski definition) is 3. The van der Waals surface area contributed by atoms with Crippen molar-refractivity contribution in [1.29, 1.82) is 0 Å². The van der Waals surface area contributed by atoms with Crippen molar-refractivity contribution in [2.45, 2.75) is 6.18 Å². The lowest BCUT2D eigenvalue weighted by molar-refractivity contribution is -0.192. The maximum absolute atomic E-state index is 11.3. The largest absolute Gasteiger partial charge is 0.497 e. The zero-order valence-electron chi connectivity index (χ0n) is 17.6. The van der Waals surface area contributed by atoms with Crippen molar-refractivity contribution in [2.75, 3.05) is 7.11 Å². The number of amides is 1. The lowest BCUT2D eigenvalue weighted by atomic mass is 10.2. The molecule has 0 aliphatic heterocycles. The number of nitrogens with one attached hydrogen (secondary N) is 1. The second-order valence-corrected chi connectivity index (χ2v) is 6.79. The molecule has 0 unspecified atom stereocenters. The molecule has 0 aliphatic carbocycles. The van der Waals surface area contributed by atoms with Gasteiger partial charge in [-0.05, 0) is 66.7 Å². The number of imidazole rings is 1. The Kier molecular flexibility index (Phi) is 7.05. The molecule has 0 aliphatic rings. The number of aromatic nitrogens is 2. The van der Waals surface area contributed by atoms with Crippen LogP contribution in [0.15, 0.2) is 66.7 Å². The van der Waals surface area contributed by atoms with Gasteiger partial charge in [0.2, 0.25) is 5.91 Å². The number of carbonyl (C=O) groups is 2. The molecule has 0 bridgehead atoms. The van der Waals surface area contributed by atoms with Crippen molar-refractivity contribution in [3.8, 4) is 28.6 Å². The van der Waals surface area contributed by atoms with E-state index in [2.05, 4.69) is 9.97 Å². The van der Waals surface area contributed by atoms with Crippen LogP contribution in [0.2, 0.25) is 0 Å². The highest BCUT2D eigenvalue weighted by Crippen LogP contribution is 2.27. The van der Waals surface area contributed by atoms with Gasteiger partial charge in [0.1, 0.15) is 23.1 Å². The first-order valence-corrected chi connectivity index (χ1v) is 9.59. The first-order valence-electron chi connectivity index (χ1n) is 9.59. The van der Waals surface area contributed by atoms with Crippen LogP contribution in [0.25, 0.3) is 22.4 Å². The smallest absolute Gasteiger partial charge is 0.490 e. The van der Waals surface area contributed by atoms with E-state index >= 15 is 0 Å². The molecule has 4 N–H and O–H groups in total. The monoisotopic (exact) mass is 473 g/mol. The van der Waals surface area contributed by atoms with Gasteiger partial charge < -0.3 is 25.3 Å². The van der Waals surface area contributed by atoms with Gasteiger partial charge in [-0.3, -0.25) is 4.79 Å². The van der Waals surface area contributed by atoms with Crippen LogP contribution in [0.3, 0.4) is 0 Å². The summed E-state index contributed by atoms with van der Waals surface area (Å²) in [7, 11) is 1.63. The lowest BCUT2D eigenvalue weighted by Gasteiger charge is -2.07. The number of nitrogens with zero attached hydrogens (tertiary/aromatic N) is 1. The number of alkyl halides is 3. The third kappa shape index (κ3) is 6.03. The van der Waals surface area contributed by atoms with Crippen LogP contribution in [0.4, 0.5) is 13.2 Å². The molecule has 1 amide bonds. The van der Waals surface area contributed by atoms with Crippen molar-refractivity contribution in [3.63, 3.8) is 0 Å². The molecule has 0 radical (unpaired) electrons. The molecule has 4 aromatic rings. The fourth-order valence-corrected chi connectivity index (χ4v) is 2.76. The average Bonchev–Trinajstić information content (AvgIpc) is 3.23. The first-order chi connectivity index (χ1) is 16.1. The molecule has 0 saturated carbocycles. The van der Waals surface area contributed by atoms with Gasteiger partial charge in [0.25, 0.3) is 0 Å². The SMILES string of the molecule is COc1ccc(Oc2ccc(-c3nc4ccc(C(N)=O)cc4[nH]3)cc2)cc1.O=C(O)C(F)(F)F. The number of ether oxygens (including phenoxy) is 2. The highest BCUT2D eigenvalue weighted by atomic mass is 19.4. The number of methoxy groups -OCH3 is 1. The molecule has 0 fully saturated rings. The topological polar surface area (TPSA) is 128 Å². The van der Waals surface area contributed by atoms with Crippen LogP contribution < -0.4 is 15.2 Å². The Morgan fingerprint density at radius 3 is 1.97 bits per heavy atom. The van der Waals surface area contributed by atoms with Gasteiger partial charge in [0, 0.05) is 11.1 Å².